The number of nitrogens with one attached hydrogen (secondary N) is 5. The fraction of sp³-hybridized carbons (Fsp3) is 0.500. The van der Waals surface area contributed by atoms with Crippen molar-refractivity contribution in [3.8, 4) is 11.1 Å². The normalized spacial score (nSPS) is 12.1. The number of hydrogen-bond donors (Lipinski definition) is 5. The Hall–Kier alpha value is -6.66. The van der Waals surface area contributed by atoms with Crippen LogP contribution in [0.25, 0.3) is 22.3 Å². The Morgan fingerprint density at radius 1 is 0.714 bits per heavy atom. The molecule has 4 aromatic rings. The molecule has 0 fully saturated rings. The lowest BCUT2D eigenvalue weighted by Crippen LogP contribution is -2.43. The van der Waals surface area contributed by atoms with Crippen LogP contribution in [0, 0.1) is 0 Å². The minimum Gasteiger partial charge on any atom is -0.465 e. The third-order valence-electron chi connectivity index (χ3n) is 9.36. The first-order valence-corrected chi connectivity index (χ1v) is 21.2. The molecule has 2 aromatic carbocycles. The molecule has 0 atom stereocenters. The molecule has 0 aliphatic heterocycles. The second-order valence-corrected chi connectivity index (χ2v) is 16.7. The molecule has 2 aromatic heterocycles. The Morgan fingerprint density at radius 3 is 1.87 bits per heavy atom. The van der Waals surface area contributed by atoms with Crippen LogP contribution in [0.3, 0.4) is 0 Å². The summed E-state index contributed by atoms with van der Waals surface area (Å²) in [5.41, 5.74) is 3.86. The highest BCUT2D eigenvalue weighted by Crippen LogP contribution is 2.44. The van der Waals surface area contributed by atoms with Crippen LogP contribution in [-0.4, -0.2) is 125 Å². The quantitative estimate of drug-likeness (QED) is 0.0425. The summed E-state index contributed by atoms with van der Waals surface area (Å²) in [6, 6.07) is 16.1. The van der Waals surface area contributed by atoms with E-state index >= 15 is 0 Å². The number of alkyl carbamates (subject to hydrolysis) is 3. The van der Waals surface area contributed by atoms with E-state index in [1.165, 1.54) is 11.2 Å². The minimum atomic E-state index is -0.654. The van der Waals surface area contributed by atoms with E-state index in [9.17, 15) is 24.0 Å². The minimum absolute atomic E-state index is 0.00235. The summed E-state index contributed by atoms with van der Waals surface area (Å²) in [6.07, 6.45) is 0.803. The van der Waals surface area contributed by atoms with E-state index < -0.39 is 41.4 Å². The van der Waals surface area contributed by atoms with Crippen molar-refractivity contribution in [2.75, 3.05) is 69.7 Å². The molecule has 0 bridgehead atoms. The predicted molar refractivity (Wildman–Crippen MR) is 236 cm³/mol. The summed E-state index contributed by atoms with van der Waals surface area (Å²) in [7, 11) is 0. The molecular weight excluding hydrogens is 813 g/mol. The monoisotopic (exact) mass is 872 g/mol. The van der Waals surface area contributed by atoms with E-state index in [2.05, 4.69) is 53.7 Å². The van der Waals surface area contributed by atoms with Gasteiger partial charge in [-0.3, -0.25) is 9.59 Å². The van der Waals surface area contributed by atoms with Crippen molar-refractivity contribution in [3.63, 3.8) is 0 Å². The van der Waals surface area contributed by atoms with Crippen LogP contribution < -0.4 is 26.6 Å². The first-order valence-electron chi connectivity index (χ1n) is 21.2. The number of imidazole rings is 1. The number of nitrogens with zero attached hydrogens (tertiary/aromatic N) is 5. The maximum absolute atomic E-state index is 13.9. The molecule has 340 valence electrons. The SMILES string of the molecule is CCOC(=O)CN(CCNC(=O)OCC1c2ccccc2-c2ccccc21)C(=O)Cn1cnc2c(NCCCNC(=O)OC(C)(C)C)nc(NCCCNC(=O)OC(C)(C)C)nc21. The van der Waals surface area contributed by atoms with Crippen LogP contribution >= 0.6 is 0 Å². The highest BCUT2D eigenvalue weighted by atomic mass is 16.6. The molecular formula is C44H60N10O9. The van der Waals surface area contributed by atoms with Crippen molar-refractivity contribution >= 4 is 53.1 Å². The van der Waals surface area contributed by atoms with Crippen molar-refractivity contribution in [3.05, 3.63) is 66.0 Å². The average molecular weight is 873 g/mol. The maximum atomic E-state index is 13.9. The molecule has 0 saturated heterocycles. The third-order valence-corrected chi connectivity index (χ3v) is 9.36. The zero-order chi connectivity index (χ0) is 45.6. The number of anilines is 2. The second-order valence-electron chi connectivity index (χ2n) is 16.7. The molecule has 19 nitrogen and oxygen atoms in total. The van der Waals surface area contributed by atoms with Gasteiger partial charge in [0.2, 0.25) is 11.9 Å². The smallest absolute Gasteiger partial charge is 0.407 e. The van der Waals surface area contributed by atoms with Gasteiger partial charge in [0.1, 0.15) is 30.9 Å². The Bertz CT molecular complexity index is 2170. The molecule has 1 aliphatic rings. The van der Waals surface area contributed by atoms with E-state index in [4.69, 9.17) is 18.9 Å². The summed E-state index contributed by atoms with van der Waals surface area (Å²) >= 11 is 0. The largest absolute Gasteiger partial charge is 0.465 e. The summed E-state index contributed by atoms with van der Waals surface area (Å²) in [6.45, 7) is 13.5. The molecule has 5 N–H and O–H groups in total. The molecule has 0 saturated carbocycles. The summed E-state index contributed by atoms with van der Waals surface area (Å²) < 4.78 is 23.0. The van der Waals surface area contributed by atoms with E-state index in [0.29, 0.717) is 56.0 Å². The summed E-state index contributed by atoms with van der Waals surface area (Å²) in [5.74, 6) is -0.564. The highest BCUT2D eigenvalue weighted by Gasteiger charge is 2.29. The molecule has 2 heterocycles. The first-order chi connectivity index (χ1) is 30.0. The number of aromatic nitrogens is 4. The number of benzene rings is 2. The lowest BCUT2D eigenvalue weighted by atomic mass is 9.98. The van der Waals surface area contributed by atoms with Crippen molar-refractivity contribution in [1.29, 1.82) is 0 Å². The zero-order valence-corrected chi connectivity index (χ0v) is 37.2. The van der Waals surface area contributed by atoms with Gasteiger partial charge in [-0.15, -0.1) is 0 Å². The standard InChI is InChI=1S/C44H60N10O9/c1-8-60-35(56)26-53(24-23-49-40(57)61-27-33-31-17-11-9-15-29(31)30-16-10-12-18-32(30)33)34(55)25-54-28-50-36-37(45-19-13-21-47-41(58)62-43(2,3)4)51-39(52-38(36)54)46-20-14-22-48-42(59)63-44(5,6)7/h9-12,15-18,28,33H,8,13-14,19-27H2,1-7H3,(H,47,58)(H,48,59)(H,49,57)(H2,45,46,51,52). The molecule has 63 heavy (non-hydrogen) atoms. The van der Waals surface area contributed by atoms with Crippen LogP contribution in [-0.2, 0) is 35.1 Å². The topological polar surface area (TPSA) is 229 Å². The van der Waals surface area contributed by atoms with Crippen LogP contribution in [0.5, 0.6) is 0 Å². The molecule has 1 aliphatic carbocycles. The van der Waals surface area contributed by atoms with Gasteiger partial charge in [0.25, 0.3) is 0 Å². The Labute approximate surface area is 367 Å². The lowest BCUT2D eigenvalue weighted by Gasteiger charge is -2.22. The molecule has 0 radical (unpaired) electrons. The van der Waals surface area contributed by atoms with E-state index in [-0.39, 0.29) is 51.3 Å². The number of fused-ring (bicyclic) bond motifs is 4. The number of esters is 1. The van der Waals surface area contributed by atoms with Gasteiger partial charge in [-0.25, -0.2) is 19.4 Å². The van der Waals surface area contributed by atoms with E-state index in [0.717, 1.165) is 22.3 Å². The number of hydrogen-bond acceptors (Lipinski definition) is 14. The Morgan fingerprint density at radius 2 is 1.29 bits per heavy atom. The first kappa shape index (κ1) is 47.4. The predicted octanol–water partition coefficient (Wildman–Crippen LogP) is 5.41. The van der Waals surface area contributed by atoms with Crippen molar-refractivity contribution in [2.24, 2.45) is 0 Å². The van der Waals surface area contributed by atoms with Gasteiger partial charge in [-0.05, 0) is 83.6 Å². The molecule has 19 heteroatoms. The van der Waals surface area contributed by atoms with Crippen molar-refractivity contribution in [1.82, 2.24) is 40.4 Å². The van der Waals surface area contributed by atoms with E-state index in [1.54, 1.807) is 53.0 Å². The Balaban J connectivity index is 1.23. The van der Waals surface area contributed by atoms with Crippen molar-refractivity contribution in [2.45, 2.75) is 85.0 Å². The summed E-state index contributed by atoms with van der Waals surface area (Å²) in [5, 5.41) is 14.6. The van der Waals surface area contributed by atoms with Crippen LogP contribution in [0.15, 0.2) is 54.9 Å². The fourth-order valence-electron chi connectivity index (χ4n) is 6.70. The van der Waals surface area contributed by atoms with E-state index in [1.807, 2.05) is 36.4 Å². The molecule has 0 spiro atoms. The fourth-order valence-corrected chi connectivity index (χ4v) is 6.70. The number of carbonyl (C=O) groups is 5. The Kier molecular flexibility index (Phi) is 16.5. The van der Waals surface area contributed by atoms with Gasteiger partial charge >= 0.3 is 24.2 Å². The molecule has 5 rings (SSSR count). The number of ether oxygens (including phenoxy) is 4. The highest BCUT2D eigenvalue weighted by molar-refractivity contribution is 5.87. The zero-order valence-electron chi connectivity index (χ0n) is 37.2. The van der Waals surface area contributed by atoms with Crippen LogP contribution in [0.4, 0.5) is 26.1 Å². The molecule has 0 unspecified atom stereocenters. The van der Waals surface area contributed by atoms with Crippen LogP contribution in [0.1, 0.15) is 78.4 Å². The van der Waals surface area contributed by atoms with Gasteiger partial charge in [0.15, 0.2) is 17.0 Å². The third kappa shape index (κ3) is 14.5. The van der Waals surface area contributed by atoms with Gasteiger partial charge in [-0.1, -0.05) is 48.5 Å². The van der Waals surface area contributed by atoms with Crippen molar-refractivity contribution < 1.29 is 42.9 Å². The average Bonchev–Trinajstić information content (AvgIpc) is 3.76. The van der Waals surface area contributed by atoms with Crippen LogP contribution in [0.2, 0.25) is 0 Å². The number of carbonyl (C=O) groups excluding carboxylic acids is 5. The number of rotatable bonds is 20. The van der Waals surface area contributed by atoms with Gasteiger partial charge in [0.05, 0.1) is 12.9 Å². The number of amides is 4. The van der Waals surface area contributed by atoms with Gasteiger partial charge < -0.3 is 55.0 Å². The van der Waals surface area contributed by atoms with Gasteiger partial charge in [-0.2, -0.15) is 9.97 Å². The summed E-state index contributed by atoms with van der Waals surface area (Å²) in [4.78, 5) is 78.8. The van der Waals surface area contributed by atoms with Gasteiger partial charge in [0, 0.05) is 45.2 Å². The maximum Gasteiger partial charge on any atom is 0.407 e. The molecule has 4 amide bonds. The second kappa shape index (κ2) is 21.9. The lowest BCUT2D eigenvalue weighted by molar-refractivity contribution is -0.149.